The van der Waals surface area contributed by atoms with Crippen molar-refractivity contribution in [1.82, 2.24) is 4.90 Å². The maximum absolute atomic E-state index is 10.2. The topological polar surface area (TPSA) is 41.9 Å². The van der Waals surface area contributed by atoms with E-state index in [2.05, 4.69) is 11.8 Å². The lowest BCUT2D eigenvalue weighted by Crippen LogP contribution is -2.33. The predicted molar refractivity (Wildman–Crippen MR) is 85.8 cm³/mol. The van der Waals surface area contributed by atoms with Gasteiger partial charge in [-0.25, -0.2) is 0 Å². The fraction of sp³-hybridized carbons (Fsp3) is 0.647. The Balaban J connectivity index is 2.73. The Morgan fingerprint density at radius 2 is 1.67 bits per heavy atom. The van der Waals surface area contributed by atoms with Gasteiger partial charge in [0.25, 0.3) is 0 Å². The van der Waals surface area contributed by atoms with Crippen LogP contribution in [-0.4, -0.2) is 49.5 Å². The van der Waals surface area contributed by atoms with Crippen LogP contribution in [0.15, 0.2) is 18.2 Å². The summed E-state index contributed by atoms with van der Waals surface area (Å²) < 4.78 is 10.9. The predicted octanol–water partition coefficient (Wildman–Crippen LogP) is 3.14. The van der Waals surface area contributed by atoms with Crippen molar-refractivity contribution in [3.05, 3.63) is 29.3 Å². The van der Waals surface area contributed by atoms with Crippen LogP contribution >= 0.6 is 0 Å². The van der Waals surface area contributed by atoms with Crippen molar-refractivity contribution >= 4 is 0 Å². The van der Waals surface area contributed by atoms with Crippen LogP contribution in [0.5, 0.6) is 5.75 Å². The first kappa shape index (κ1) is 18.0. The summed E-state index contributed by atoms with van der Waals surface area (Å²) in [5, 5.41) is 10.2. The summed E-state index contributed by atoms with van der Waals surface area (Å²) in [5.41, 5.74) is 2.02. The summed E-state index contributed by atoms with van der Waals surface area (Å²) in [7, 11) is 0. The summed E-state index contributed by atoms with van der Waals surface area (Å²) in [6, 6.07) is 5.99. The Hall–Kier alpha value is -1.10. The van der Waals surface area contributed by atoms with Gasteiger partial charge in [0, 0.05) is 37.9 Å². The molecule has 1 rings (SSSR count). The maximum Gasteiger partial charge on any atom is 0.120 e. The Bertz CT molecular complexity index is 399. The number of phenols is 1. The normalized spacial score (nSPS) is 12.8. The minimum Gasteiger partial charge on any atom is -0.508 e. The molecule has 120 valence electrons. The molecule has 1 N–H and O–H groups in total. The Morgan fingerprint density at radius 1 is 1.10 bits per heavy atom. The highest BCUT2D eigenvalue weighted by atomic mass is 16.5. The molecule has 0 saturated carbocycles. The molecule has 0 aliphatic heterocycles. The number of hydrogen-bond acceptors (Lipinski definition) is 4. The molecule has 0 spiro atoms. The molecule has 1 unspecified atom stereocenters. The van der Waals surface area contributed by atoms with Crippen molar-refractivity contribution in [3.8, 4) is 5.75 Å². The molecule has 0 aliphatic carbocycles. The molecule has 4 nitrogen and oxygen atoms in total. The van der Waals surface area contributed by atoms with Gasteiger partial charge in [-0.05, 0) is 39.3 Å². The molecule has 0 aliphatic rings. The third-order valence-electron chi connectivity index (χ3n) is 3.64. The molecule has 0 fully saturated rings. The molecule has 1 aromatic rings. The van der Waals surface area contributed by atoms with Gasteiger partial charge >= 0.3 is 0 Å². The molecule has 0 bridgehead atoms. The molecular formula is C17H29NO3. The maximum atomic E-state index is 10.2. The smallest absolute Gasteiger partial charge is 0.120 e. The van der Waals surface area contributed by atoms with Gasteiger partial charge in [0.15, 0.2) is 0 Å². The van der Waals surface area contributed by atoms with Crippen LogP contribution in [0.3, 0.4) is 0 Å². The van der Waals surface area contributed by atoms with Gasteiger partial charge in [0.1, 0.15) is 5.75 Å². The number of aromatic hydroxyl groups is 1. The number of benzene rings is 1. The van der Waals surface area contributed by atoms with Crippen LogP contribution in [0, 0.1) is 6.92 Å². The monoisotopic (exact) mass is 295 g/mol. The zero-order valence-corrected chi connectivity index (χ0v) is 13.8. The molecule has 0 saturated heterocycles. The summed E-state index contributed by atoms with van der Waals surface area (Å²) in [6.45, 7) is 12.6. The summed E-state index contributed by atoms with van der Waals surface area (Å²) in [6.07, 6.45) is 0. The lowest BCUT2D eigenvalue weighted by molar-refractivity contribution is 0.0656. The standard InChI is InChI=1S/C17H29NO3/c1-5-20-11-9-18(10-12-21-6-2)15(4)16-8-7-14(3)13-17(16)19/h7-8,13,15,19H,5-6,9-12H2,1-4H3. The van der Waals surface area contributed by atoms with Crippen LogP contribution in [0.4, 0.5) is 0 Å². The van der Waals surface area contributed by atoms with Gasteiger partial charge in [0.05, 0.1) is 13.2 Å². The van der Waals surface area contributed by atoms with Gasteiger partial charge in [-0.3, -0.25) is 4.90 Å². The largest absolute Gasteiger partial charge is 0.508 e. The second-order valence-electron chi connectivity index (χ2n) is 5.17. The third-order valence-corrected chi connectivity index (χ3v) is 3.64. The van der Waals surface area contributed by atoms with Crippen molar-refractivity contribution in [3.63, 3.8) is 0 Å². The first-order chi connectivity index (χ1) is 10.1. The lowest BCUT2D eigenvalue weighted by Gasteiger charge is -2.29. The Morgan fingerprint density at radius 3 is 2.14 bits per heavy atom. The van der Waals surface area contributed by atoms with Crippen LogP contribution < -0.4 is 0 Å². The number of hydrogen-bond donors (Lipinski definition) is 1. The quantitative estimate of drug-likeness (QED) is 0.673. The van der Waals surface area contributed by atoms with E-state index in [1.807, 2.05) is 39.0 Å². The average molecular weight is 295 g/mol. The van der Waals surface area contributed by atoms with Crippen molar-refractivity contribution in [2.75, 3.05) is 39.5 Å². The van der Waals surface area contributed by atoms with E-state index in [9.17, 15) is 5.11 Å². The Kier molecular flexibility index (Phi) is 8.35. The second-order valence-corrected chi connectivity index (χ2v) is 5.17. The molecule has 1 atom stereocenters. The van der Waals surface area contributed by atoms with Gasteiger partial charge in [0.2, 0.25) is 0 Å². The van der Waals surface area contributed by atoms with Crippen molar-refractivity contribution in [1.29, 1.82) is 0 Å². The SMILES string of the molecule is CCOCCN(CCOCC)C(C)c1ccc(C)cc1O. The van der Waals surface area contributed by atoms with Crippen molar-refractivity contribution in [2.24, 2.45) is 0 Å². The minimum atomic E-state index is 0.131. The molecule has 1 aromatic carbocycles. The second kappa shape index (κ2) is 9.77. The van der Waals surface area contributed by atoms with Gasteiger partial charge < -0.3 is 14.6 Å². The summed E-state index contributed by atoms with van der Waals surface area (Å²) in [4.78, 5) is 2.29. The zero-order chi connectivity index (χ0) is 15.7. The average Bonchev–Trinajstić information content (AvgIpc) is 2.45. The number of aryl methyl sites for hydroxylation is 1. The van der Waals surface area contributed by atoms with Gasteiger partial charge in [-0.1, -0.05) is 12.1 Å². The highest BCUT2D eigenvalue weighted by molar-refractivity contribution is 5.37. The molecule has 0 amide bonds. The van der Waals surface area contributed by atoms with Gasteiger partial charge in [-0.15, -0.1) is 0 Å². The van der Waals surface area contributed by atoms with Crippen molar-refractivity contribution < 1.29 is 14.6 Å². The fourth-order valence-corrected chi connectivity index (χ4v) is 2.36. The highest BCUT2D eigenvalue weighted by Gasteiger charge is 2.18. The fourth-order valence-electron chi connectivity index (χ4n) is 2.36. The molecule has 21 heavy (non-hydrogen) atoms. The molecular weight excluding hydrogens is 266 g/mol. The van der Waals surface area contributed by atoms with E-state index in [-0.39, 0.29) is 6.04 Å². The molecule has 4 heteroatoms. The van der Waals surface area contributed by atoms with Crippen LogP contribution in [0.1, 0.15) is 37.9 Å². The van der Waals surface area contributed by atoms with Crippen LogP contribution in [0.2, 0.25) is 0 Å². The van der Waals surface area contributed by atoms with E-state index >= 15 is 0 Å². The Labute approximate surface area is 128 Å². The van der Waals surface area contributed by atoms with Crippen molar-refractivity contribution in [2.45, 2.75) is 33.7 Å². The highest BCUT2D eigenvalue weighted by Crippen LogP contribution is 2.28. The van der Waals surface area contributed by atoms with Crippen LogP contribution in [-0.2, 0) is 9.47 Å². The van der Waals surface area contributed by atoms with E-state index < -0.39 is 0 Å². The van der Waals surface area contributed by atoms with Crippen LogP contribution in [0.25, 0.3) is 0 Å². The van der Waals surface area contributed by atoms with E-state index in [1.54, 1.807) is 0 Å². The minimum absolute atomic E-state index is 0.131. The lowest BCUT2D eigenvalue weighted by atomic mass is 10.0. The summed E-state index contributed by atoms with van der Waals surface area (Å²) >= 11 is 0. The summed E-state index contributed by atoms with van der Waals surface area (Å²) in [5.74, 6) is 0.361. The van der Waals surface area contributed by atoms with E-state index in [4.69, 9.17) is 9.47 Å². The molecule has 0 heterocycles. The number of phenolic OH excluding ortho intramolecular Hbond substituents is 1. The first-order valence-corrected chi connectivity index (χ1v) is 7.79. The van der Waals surface area contributed by atoms with E-state index in [0.717, 1.165) is 37.4 Å². The zero-order valence-electron chi connectivity index (χ0n) is 13.8. The number of ether oxygens (including phenoxy) is 2. The van der Waals surface area contributed by atoms with Gasteiger partial charge in [-0.2, -0.15) is 0 Å². The van der Waals surface area contributed by atoms with E-state index in [1.165, 1.54) is 0 Å². The number of rotatable bonds is 10. The molecule has 0 aromatic heterocycles. The molecule has 0 radical (unpaired) electrons. The van der Waals surface area contributed by atoms with E-state index in [0.29, 0.717) is 19.0 Å². The third kappa shape index (κ3) is 6.04. The number of nitrogens with zero attached hydrogens (tertiary/aromatic N) is 1. The first-order valence-electron chi connectivity index (χ1n) is 7.79.